The molecule has 0 fully saturated rings. The zero-order chi connectivity index (χ0) is 20.4. The number of anilines is 2. The normalized spacial score (nSPS) is 10.7. The summed E-state index contributed by atoms with van der Waals surface area (Å²) < 4.78 is 0. The lowest BCUT2D eigenvalue weighted by Crippen LogP contribution is -2.26. The van der Waals surface area contributed by atoms with Gasteiger partial charge in [-0.2, -0.15) is 0 Å². The zero-order valence-corrected chi connectivity index (χ0v) is 16.1. The first kappa shape index (κ1) is 18.4. The van der Waals surface area contributed by atoms with Crippen molar-refractivity contribution in [3.8, 4) is 11.4 Å². The van der Waals surface area contributed by atoms with Gasteiger partial charge in [-0.05, 0) is 48.5 Å². The van der Waals surface area contributed by atoms with Crippen molar-refractivity contribution in [2.45, 2.75) is 6.92 Å². The molecule has 0 saturated heterocycles. The molecule has 0 aliphatic rings. The fourth-order valence-electron chi connectivity index (χ4n) is 3.13. The molecule has 1 heterocycles. The number of benzene rings is 3. The molecule has 2 amide bonds. The Bertz CT molecular complexity index is 1160. The molecule has 1 aromatic heterocycles. The first-order valence-corrected chi connectivity index (χ1v) is 9.23. The fraction of sp³-hybridized carbons (Fsp3) is 0.0870. The predicted molar refractivity (Wildman–Crippen MR) is 115 cm³/mol. The number of H-pyrrole nitrogens is 1. The Morgan fingerprint density at radius 2 is 1.62 bits per heavy atom. The van der Waals surface area contributed by atoms with Crippen molar-refractivity contribution in [3.05, 3.63) is 78.4 Å². The highest BCUT2D eigenvalue weighted by atomic mass is 16.2. The largest absolute Gasteiger partial charge is 0.338 e. The minimum absolute atomic E-state index is 0.138. The summed E-state index contributed by atoms with van der Waals surface area (Å²) in [6.45, 7) is 1.46. The molecule has 29 heavy (non-hydrogen) atoms. The Morgan fingerprint density at radius 1 is 0.931 bits per heavy atom. The van der Waals surface area contributed by atoms with E-state index in [-0.39, 0.29) is 11.8 Å². The summed E-state index contributed by atoms with van der Waals surface area (Å²) in [6.07, 6.45) is 0. The van der Waals surface area contributed by atoms with Gasteiger partial charge in [0.1, 0.15) is 5.82 Å². The summed E-state index contributed by atoms with van der Waals surface area (Å²) in [6, 6.07) is 22.3. The van der Waals surface area contributed by atoms with Crippen molar-refractivity contribution in [1.29, 1.82) is 0 Å². The molecule has 4 rings (SSSR count). The molecule has 0 unspecified atom stereocenters. The molecule has 0 aliphatic carbocycles. The van der Waals surface area contributed by atoms with Gasteiger partial charge in [0.25, 0.3) is 5.91 Å². The van der Waals surface area contributed by atoms with Crippen LogP contribution in [0.15, 0.2) is 72.8 Å². The van der Waals surface area contributed by atoms with Crippen LogP contribution in [0, 0.1) is 0 Å². The number of carbonyl (C=O) groups is 2. The van der Waals surface area contributed by atoms with E-state index in [1.54, 1.807) is 31.3 Å². The molecular formula is C23H20N4O2. The van der Waals surface area contributed by atoms with Crippen molar-refractivity contribution in [2.75, 3.05) is 17.3 Å². The summed E-state index contributed by atoms with van der Waals surface area (Å²) in [5.41, 5.74) is 4.48. The number of aromatic nitrogens is 2. The molecule has 4 aromatic rings. The quantitative estimate of drug-likeness (QED) is 0.545. The molecule has 0 bridgehead atoms. The second-order valence-electron chi connectivity index (χ2n) is 6.73. The Labute approximate surface area is 168 Å². The van der Waals surface area contributed by atoms with Crippen LogP contribution in [0.3, 0.4) is 0 Å². The number of rotatable bonds is 4. The van der Waals surface area contributed by atoms with Gasteiger partial charge in [0, 0.05) is 25.2 Å². The fourth-order valence-corrected chi connectivity index (χ4v) is 3.13. The van der Waals surface area contributed by atoms with Gasteiger partial charge in [-0.1, -0.05) is 24.3 Å². The Morgan fingerprint density at radius 3 is 2.34 bits per heavy atom. The number of nitrogens with zero attached hydrogens (tertiary/aromatic N) is 2. The molecule has 144 valence electrons. The molecule has 0 saturated carbocycles. The average molecular weight is 384 g/mol. The lowest BCUT2D eigenvalue weighted by molar-refractivity contribution is -0.116. The van der Waals surface area contributed by atoms with Crippen LogP contribution in [0.25, 0.3) is 22.4 Å². The van der Waals surface area contributed by atoms with Gasteiger partial charge in [0.05, 0.1) is 22.3 Å². The van der Waals surface area contributed by atoms with Gasteiger partial charge in [0.15, 0.2) is 0 Å². The topological polar surface area (TPSA) is 78.1 Å². The van der Waals surface area contributed by atoms with Crippen LogP contribution in [0.5, 0.6) is 0 Å². The van der Waals surface area contributed by atoms with E-state index in [1.807, 2.05) is 48.5 Å². The van der Waals surface area contributed by atoms with E-state index in [0.29, 0.717) is 16.9 Å². The predicted octanol–water partition coefficient (Wildman–Crippen LogP) is 4.46. The Balaban J connectivity index is 1.55. The lowest BCUT2D eigenvalue weighted by atomic mass is 10.1. The summed E-state index contributed by atoms with van der Waals surface area (Å²) in [4.78, 5) is 33.8. The van der Waals surface area contributed by atoms with Gasteiger partial charge in [-0.25, -0.2) is 4.98 Å². The van der Waals surface area contributed by atoms with E-state index in [9.17, 15) is 9.59 Å². The molecular weight excluding hydrogens is 364 g/mol. The minimum Gasteiger partial charge on any atom is -0.338 e. The first-order valence-electron chi connectivity index (χ1n) is 9.23. The van der Waals surface area contributed by atoms with Crippen molar-refractivity contribution in [1.82, 2.24) is 9.97 Å². The number of imidazole rings is 1. The van der Waals surface area contributed by atoms with E-state index < -0.39 is 0 Å². The smallest absolute Gasteiger partial charge is 0.257 e. The van der Waals surface area contributed by atoms with Crippen LogP contribution in [0.2, 0.25) is 0 Å². The highest BCUT2D eigenvalue weighted by Gasteiger charge is 2.16. The molecule has 3 aromatic carbocycles. The van der Waals surface area contributed by atoms with Crippen LogP contribution in [0.1, 0.15) is 17.3 Å². The number of hydrogen-bond acceptors (Lipinski definition) is 3. The third-order valence-electron chi connectivity index (χ3n) is 4.79. The maximum atomic E-state index is 12.8. The van der Waals surface area contributed by atoms with E-state index in [4.69, 9.17) is 0 Å². The van der Waals surface area contributed by atoms with E-state index in [2.05, 4.69) is 15.3 Å². The van der Waals surface area contributed by atoms with Crippen molar-refractivity contribution < 1.29 is 9.59 Å². The minimum atomic E-state index is -0.273. The molecule has 6 nitrogen and oxygen atoms in total. The molecule has 0 atom stereocenters. The SMILES string of the molecule is CC(=O)N(C)c1ccccc1C(=O)Nc1ccc(-c2nc3ccccc3[nH]2)cc1. The van der Waals surface area contributed by atoms with Crippen molar-refractivity contribution in [3.63, 3.8) is 0 Å². The maximum absolute atomic E-state index is 12.8. The monoisotopic (exact) mass is 384 g/mol. The highest BCUT2D eigenvalue weighted by Crippen LogP contribution is 2.24. The zero-order valence-electron chi connectivity index (χ0n) is 16.1. The van der Waals surface area contributed by atoms with E-state index in [1.165, 1.54) is 11.8 Å². The van der Waals surface area contributed by atoms with E-state index in [0.717, 1.165) is 22.4 Å². The van der Waals surface area contributed by atoms with Crippen molar-refractivity contribution in [2.24, 2.45) is 0 Å². The molecule has 0 aliphatic heterocycles. The summed E-state index contributed by atoms with van der Waals surface area (Å²) in [7, 11) is 1.65. The van der Waals surface area contributed by atoms with Crippen LogP contribution in [-0.2, 0) is 4.79 Å². The number of carbonyl (C=O) groups excluding carboxylic acids is 2. The van der Waals surface area contributed by atoms with E-state index >= 15 is 0 Å². The standard InChI is InChI=1S/C23H20N4O2/c1-15(28)27(2)21-10-6-3-7-18(21)23(29)24-17-13-11-16(12-14-17)22-25-19-8-4-5-9-20(19)26-22/h3-14H,1-2H3,(H,24,29)(H,25,26). The second kappa shape index (κ2) is 7.59. The van der Waals surface area contributed by atoms with Crippen LogP contribution < -0.4 is 10.2 Å². The van der Waals surface area contributed by atoms with Crippen LogP contribution in [-0.4, -0.2) is 28.8 Å². The highest BCUT2D eigenvalue weighted by molar-refractivity contribution is 6.10. The lowest BCUT2D eigenvalue weighted by Gasteiger charge is -2.18. The Kier molecular flexibility index (Phi) is 4.83. The summed E-state index contributed by atoms with van der Waals surface area (Å²) in [5, 5.41) is 2.89. The number of para-hydroxylation sites is 3. The number of fused-ring (bicyclic) bond motifs is 1. The third kappa shape index (κ3) is 3.73. The summed E-state index contributed by atoms with van der Waals surface area (Å²) >= 11 is 0. The number of aromatic amines is 1. The molecule has 6 heteroatoms. The first-order chi connectivity index (χ1) is 14.0. The van der Waals surface area contributed by atoms with Crippen LogP contribution >= 0.6 is 0 Å². The van der Waals surface area contributed by atoms with Gasteiger partial charge >= 0.3 is 0 Å². The molecule has 0 radical (unpaired) electrons. The number of amides is 2. The second-order valence-corrected chi connectivity index (χ2v) is 6.73. The molecule has 0 spiro atoms. The Hall–Kier alpha value is -3.93. The molecule has 2 N–H and O–H groups in total. The average Bonchev–Trinajstić information content (AvgIpc) is 3.18. The van der Waals surface area contributed by atoms with Crippen molar-refractivity contribution >= 4 is 34.2 Å². The number of hydrogen-bond donors (Lipinski definition) is 2. The summed E-state index contributed by atoms with van der Waals surface area (Å²) in [5.74, 6) is 0.364. The van der Waals surface area contributed by atoms with Gasteiger partial charge in [0.2, 0.25) is 5.91 Å². The third-order valence-corrected chi connectivity index (χ3v) is 4.79. The van der Waals surface area contributed by atoms with Gasteiger partial charge in [-0.3, -0.25) is 9.59 Å². The maximum Gasteiger partial charge on any atom is 0.257 e. The number of nitrogens with one attached hydrogen (secondary N) is 2. The van der Waals surface area contributed by atoms with Gasteiger partial charge in [-0.15, -0.1) is 0 Å². The van der Waals surface area contributed by atoms with Crippen LogP contribution in [0.4, 0.5) is 11.4 Å². The van der Waals surface area contributed by atoms with Gasteiger partial charge < -0.3 is 15.2 Å².